The molecule has 4 N–H and O–H groups in total. The van der Waals surface area contributed by atoms with Gasteiger partial charge in [-0.25, -0.2) is 4.72 Å². The number of nitrogens with one attached hydrogen (secondary N) is 4. The SMILES string of the molecule is C=C[C@@H]1C[C@]1(NC(=O)[C@@H]1C[C@@]2(CN1C(=O)[C@@H](NC(=O)[C@@H](NC(=O)[C@@H]1CCCN1CC)C1CCCCC1)C(C)C)C(C)(C)C21CCC1)C(=O)NS(=O)(=O)N(C)C(C)(C)C. The smallest absolute Gasteiger partial charge is 0.304 e. The monoisotopic (exact) mass is 830 g/mol. The summed E-state index contributed by atoms with van der Waals surface area (Å²) in [7, 11) is -2.87. The van der Waals surface area contributed by atoms with Crippen LogP contribution in [-0.2, 0) is 34.2 Å². The van der Waals surface area contributed by atoms with Crippen LogP contribution in [0.4, 0.5) is 0 Å². The molecule has 0 aromatic carbocycles. The first-order valence-corrected chi connectivity index (χ1v) is 23.4. The van der Waals surface area contributed by atoms with Crippen LogP contribution in [0.1, 0.15) is 132 Å². The van der Waals surface area contributed by atoms with Crippen molar-refractivity contribution in [3.8, 4) is 0 Å². The summed E-state index contributed by atoms with van der Waals surface area (Å²) in [6, 6.07) is -3.01. The molecule has 2 aliphatic heterocycles. The number of rotatable bonds is 14. The number of nitrogens with zero attached hydrogens (tertiary/aromatic N) is 3. The van der Waals surface area contributed by atoms with E-state index in [1.165, 1.54) is 7.05 Å². The summed E-state index contributed by atoms with van der Waals surface area (Å²) < 4.78 is 29.9. The molecule has 7 atom stereocenters. The Balaban J connectivity index is 1.26. The molecule has 2 saturated heterocycles. The maximum atomic E-state index is 15.0. The topological polar surface area (TPSA) is 177 Å². The van der Waals surface area contributed by atoms with Crippen LogP contribution in [0.15, 0.2) is 12.7 Å². The van der Waals surface area contributed by atoms with Gasteiger partial charge in [0.25, 0.3) is 5.91 Å². The molecule has 6 fully saturated rings. The second-order valence-corrected chi connectivity index (χ2v) is 22.0. The Kier molecular flexibility index (Phi) is 12.1. The zero-order valence-corrected chi connectivity index (χ0v) is 37.4. The summed E-state index contributed by atoms with van der Waals surface area (Å²) in [5.74, 6) is -3.18. The minimum absolute atomic E-state index is 0.0168. The highest BCUT2D eigenvalue weighted by molar-refractivity contribution is 7.87. The number of fused-ring (bicyclic) bond motifs is 1. The van der Waals surface area contributed by atoms with E-state index in [0.29, 0.717) is 13.0 Å². The van der Waals surface area contributed by atoms with Crippen molar-refractivity contribution in [3.63, 3.8) is 0 Å². The van der Waals surface area contributed by atoms with Gasteiger partial charge in [0, 0.05) is 30.5 Å². The number of carbonyl (C=O) groups excluding carboxylic acids is 5. The molecule has 6 aliphatic rings. The fourth-order valence-electron chi connectivity index (χ4n) is 11.6. The summed E-state index contributed by atoms with van der Waals surface area (Å²) in [4.78, 5) is 75.6. The molecule has 0 aromatic rings. The molecule has 5 amide bonds. The molecule has 4 aliphatic carbocycles. The second-order valence-electron chi connectivity index (χ2n) is 20.3. The lowest BCUT2D eigenvalue weighted by atomic mass is 9.73. The molecule has 15 heteroatoms. The zero-order valence-electron chi connectivity index (χ0n) is 36.5. The van der Waals surface area contributed by atoms with Crippen LogP contribution in [-0.4, -0.2) is 114 Å². The molecular weight excluding hydrogens is 759 g/mol. The lowest BCUT2D eigenvalue weighted by Gasteiger charge is -2.35. The van der Waals surface area contributed by atoms with E-state index in [1.54, 1.807) is 31.7 Å². The maximum absolute atomic E-state index is 15.0. The lowest BCUT2D eigenvalue weighted by molar-refractivity contribution is -0.144. The predicted octanol–water partition coefficient (Wildman–Crippen LogP) is 3.63. The van der Waals surface area contributed by atoms with Gasteiger partial charge in [-0.15, -0.1) is 6.58 Å². The van der Waals surface area contributed by atoms with E-state index in [2.05, 4.69) is 46.0 Å². The molecule has 0 aromatic heterocycles. The average molecular weight is 830 g/mol. The van der Waals surface area contributed by atoms with Gasteiger partial charge in [-0.05, 0) is 108 Å². The molecule has 2 heterocycles. The fourth-order valence-corrected chi connectivity index (χ4v) is 12.9. The van der Waals surface area contributed by atoms with Crippen molar-refractivity contribution in [1.29, 1.82) is 0 Å². The van der Waals surface area contributed by atoms with Crippen LogP contribution in [0.5, 0.6) is 0 Å². The first-order chi connectivity index (χ1) is 27.0. The normalized spacial score (nSPS) is 31.4. The van der Waals surface area contributed by atoms with Crippen LogP contribution in [0.3, 0.4) is 0 Å². The third-order valence-electron chi connectivity index (χ3n) is 16.0. The zero-order chi connectivity index (χ0) is 42.8. The van der Waals surface area contributed by atoms with Gasteiger partial charge in [0.15, 0.2) is 0 Å². The quantitative estimate of drug-likeness (QED) is 0.192. The summed E-state index contributed by atoms with van der Waals surface area (Å²) in [6.07, 6.45) is 11.5. The van der Waals surface area contributed by atoms with Crippen LogP contribution >= 0.6 is 0 Å². The van der Waals surface area contributed by atoms with Crippen molar-refractivity contribution in [2.45, 2.75) is 168 Å². The largest absolute Gasteiger partial charge is 0.343 e. The van der Waals surface area contributed by atoms with Gasteiger partial charge in [0.05, 0.1) is 6.04 Å². The van der Waals surface area contributed by atoms with Gasteiger partial charge in [0.1, 0.15) is 23.7 Å². The van der Waals surface area contributed by atoms with E-state index in [0.717, 1.165) is 81.6 Å². The molecule has 0 unspecified atom stereocenters. The number of carbonyl (C=O) groups is 5. The highest BCUT2D eigenvalue weighted by atomic mass is 32.2. The molecule has 0 bridgehead atoms. The van der Waals surface area contributed by atoms with Crippen molar-refractivity contribution in [1.82, 2.24) is 34.8 Å². The van der Waals surface area contributed by atoms with Crippen LogP contribution < -0.4 is 20.7 Å². The number of likely N-dealkylation sites (tertiary alicyclic amines) is 2. The van der Waals surface area contributed by atoms with E-state index >= 15 is 4.79 Å². The second kappa shape index (κ2) is 15.8. The molecule has 58 heavy (non-hydrogen) atoms. The van der Waals surface area contributed by atoms with Crippen molar-refractivity contribution in [2.75, 3.05) is 26.7 Å². The number of likely N-dealkylation sites (N-methyl/N-ethyl adjacent to an activating group) is 1. The Bertz CT molecular complexity index is 1770. The average Bonchev–Trinajstić information content (AvgIpc) is 3.66. The van der Waals surface area contributed by atoms with Crippen molar-refractivity contribution < 1.29 is 32.4 Å². The fraction of sp³-hybridized carbons (Fsp3) is 0.837. The van der Waals surface area contributed by atoms with Gasteiger partial charge in [-0.1, -0.05) is 66.4 Å². The van der Waals surface area contributed by atoms with E-state index in [1.807, 2.05) is 20.8 Å². The summed E-state index contributed by atoms with van der Waals surface area (Å²) in [6.45, 7) is 21.1. The standard InChI is InChI=1S/C43H71N7O7S/c1-11-29-24-43(29,38(55)47-58(56,57)48(10)39(5,6)7)46-35(52)31-25-42(40(8,9)41(42)21-17-22-41)26-50(31)37(54)32(27(3)4)44-36(53)33(28-18-14-13-15-19-28)45-34(51)30-20-16-23-49(30)12-2/h11,27-33H,1,12-26H2,2-10H3,(H,44,53)(H,45,51)(H,46,52)(H,47,55)/t29-,30+,31+,32+,33+,42-,43-/m1/s1. The Morgan fingerprint density at radius 1 is 0.897 bits per heavy atom. The molecule has 326 valence electrons. The van der Waals surface area contributed by atoms with E-state index in [4.69, 9.17) is 0 Å². The van der Waals surface area contributed by atoms with Crippen molar-refractivity contribution >= 4 is 39.7 Å². The summed E-state index contributed by atoms with van der Waals surface area (Å²) in [5.41, 5.74) is -2.85. The summed E-state index contributed by atoms with van der Waals surface area (Å²) in [5, 5.41) is 9.18. The van der Waals surface area contributed by atoms with Gasteiger partial charge < -0.3 is 20.9 Å². The Morgan fingerprint density at radius 2 is 1.55 bits per heavy atom. The Labute approximate surface area is 347 Å². The van der Waals surface area contributed by atoms with E-state index in [9.17, 15) is 27.6 Å². The van der Waals surface area contributed by atoms with E-state index in [-0.39, 0.29) is 58.3 Å². The first-order valence-electron chi connectivity index (χ1n) is 21.9. The molecule has 0 radical (unpaired) electrons. The third-order valence-corrected chi connectivity index (χ3v) is 17.7. The molecular formula is C43H71N7O7S. The van der Waals surface area contributed by atoms with Gasteiger partial charge in [-0.2, -0.15) is 12.7 Å². The minimum atomic E-state index is -4.26. The Morgan fingerprint density at radius 3 is 2.07 bits per heavy atom. The molecule has 14 nitrogen and oxygen atoms in total. The van der Waals surface area contributed by atoms with Gasteiger partial charge >= 0.3 is 10.2 Å². The maximum Gasteiger partial charge on any atom is 0.304 e. The molecule has 6 rings (SSSR count). The lowest BCUT2D eigenvalue weighted by Crippen LogP contribution is -2.61. The third kappa shape index (κ3) is 7.40. The van der Waals surface area contributed by atoms with Crippen LogP contribution in [0, 0.1) is 34.0 Å². The predicted molar refractivity (Wildman–Crippen MR) is 222 cm³/mol. The molecule has 4 saturated carbocycles. The number of amides is 5. The van der Waals surface area contributed by atoms with Crippen molar-refractivity contribution in [3.05, 3.63) is 12.7 Å². The highest BCUT2D eigenvalue weighted by Gasteiger charge is 2.85. The summed E-state index contributed by atoms with van der Waals surface area (Å²) >= 11 is 0. The first kappa shape index (κ1) is 44.5. The van der Waals surface area contributed by atoms with Crippen LogP contribution in [0.25, 0.3) is 0 Å². The van der Waals surface area contributed by atoms with Crippen LogP contribution in [0.2, 0.25) is 0 Å². The number of hydrogen-bond donors (Lipinski definition) is 4. The highest BCUT2D eigenvalue weighted by Crippen LogP contribution is 2.88. The van der Waals surface area contributed by atoms with Gasteiger partial charge in [-0.3, -0.25) is 28.9 Å². The van der Waals surface area contributed by atoms with Gasteiger partial charge in [0.2, 0.25) is 23.6 Å². The minimum Gasteiger partial charge on any atom is -0.343 e. The van der Waals surface area contributed by atoms with Crippen molar-refractivity contribution in [2.24, 2.45) is 34.0 Å². The molecule has 2 spiro atoms. The number of hydrogen-bond acceptors (Lipinski definition) is 8. The van der Waals surface area contributed by atoms with E-state index < -0.39 is 57.1 Å². The Hall–Kier alpha value is -3.04.